The number of phenols is 1. The lowest BCUT2D eigenvalue weighted by molar-refractivity contribution is 0.0596. The average molecular weight is 368 g/mol. The van der Waals surface area contributed by atoms with E-state index in [1.165, 1.54) is 14.2 Å². The van der Waals surface area contributed by atoms with Gasteiger partial charge in [0.2, 0.25) is 0 Å². The minimum atomic E-state index is -0.470. The highest BCUT2D eigenvalue weighted by Gasteiger charge is 2.34. The Morgan fingerprint density at radius 2 is 1.78 bits per heavy atom. The molecule has 0 saturated heterocycles. The zero-order chi connectivity index (χ0) is 19.9. The highest BCUT2D eigenvalue weighted by molar-refractivity contribution is 5.95. The molecule has 2 aromatic carbocycles. The third kappa shape index (κ3) is 3.14. The summed E-state index contributed by atoms with van der Waals surface area (Å²) in [6.07, 6.45) is 2.07. The molecule has 1 N–H and O–H groups in total. The van der Waals surface area contributed by atoms with Gasteiger partial charge < -0.3 is 19.3 Å². The summed E-state index contributed by atoms with van der Waals surface area (Å²) in [4.78, 5) is 12.4. The standard InChI is InChI=1S/C22H24O5/c1-11(2)7-14-19-13(4)20(22(24)26-6)16(25-5)10-18(19)27-17-9-12(3)8-15(23)21(14)17/h7-10,14,23H,1-6H3/t14-/m1/s1. The Morgan fingerprint density at radius 1 is 1.11 bits per heavy atom. The van der Waals surface area contributed by atoms with E-state index in [-0.39, 0.29) is 11.7 Å². The molecular formula is C22H24O5. The first-order chi connectivity index (χ1) is 12.8. The zero-order valence-corrected chi connectivity index (χ0v) is 16.5. The topological polar surface area (TPSA) is 65.0 Å². The quantitative estimate of drug-likeness (QED) is 0.609. The van der Waals surface area contributed by atoms with Crippen molar-refractivity contribution < 1.29 is 24.1 Å². The van der Waals surface area contributed by atoms with Gasteiger partial charge in [-0.3, -0.25) is 0 Å². The van der Waals surface area contributed by atoms with E-state index >= 15 is 0 Å². The minimum Gasteiger partial charge on any atom is -0.507 e. The van der Waals surface area contributed by atoms with Crippen LogP contribution in [0, 0.1) is 13.8 Å². The molecule has 0 amide bonds. The molecule has 3 rings (SSSR count). The van der Waals surface area contributed by atoms with Crippen molar-refractivity contribution in [2.24, 2.45) is 0 Å². The first-order valence-electron chi connectivity index (χ1n) is 8.74. The number of ether oxygens (including phenoxy) is 3. The summed E-state index contributed by atoms with van der Waals surface area (Å²) < 4.78 is 16.5. The predicted octanol–water partition coefficient (Wildman–Crippen LogP) is 5.01. The van der Waals surface area contributed by atoms with Gasteiger partial charge in [0.05, 0.1) is 14.2 Å². The minimum absolute atomic E-state index is 0.174. The normalized spacial score (nSPS) is 14.5. The summed E-state index contributed by atoms with van der Waals surface area (Å²) in [5.74, 6) is 1.07. The lowest BCUT2D eigenvalue weighted by atomic mass is 9.81. The van der Waals surface area contributed by atoms with Crippen molar-refractivity contribution in [2.45, 2.75) is 33.6 Å². The molecule has 1 aliphatic heterocycles. The van der Waals surface area contributed by atoms with Gasteiger partial charge in [-0.05, 0) is 51.0 Å². The molecule has 0 radical (unpaired) electrons. The fourth-order valence-electron chi connectivity index (χ4n) is 3.67. The van der Waals surface area contributed by atoms with E-state index in [0.717, 1.165) is 16.7 Å². The number of carbonyl (C=O) groups is 1. The Morgan fingerprint density at radius 3 is 2.37 bits per heavy atom. The van der Waals surface area contributed by atoms with Crippen LogP contribution in [-0.4, -0.2) is 25.3 Å². The van der Waals surface area contributed by atoms with Gasteiger partial charge in [-0.15, -0.1) is 0 Å². The maximum atomic E-state index is 12.4. The predicted molar refractivity (Wildman–Crippen MR) is 103 cm³/mol. The second kappa shape index (κ2) is 6.99. The number of aromatic hydroxyl groups is 1. The summed E-state index contributed by atoms with van der Waals surface area (Å²) in [7, 11) is 2.85. The van der Waals surface area contributed by atoms with Crippen LogP contribution in [0.2, 0.25) is 0 Å². The van der Waals surface area contributed by atoms with Crippen LogP contribution in [0.3, 0.4) is 0 Å². The lowest BCUT2D eigenvalue weighted by Gasteiger charge is -2.30. The molecule has 142 valence electrons. The molecule has 1 atom stereocenters. The maximum Gasteiger partial charge on any atom is 0.341 e. The number of esters is 1. The van der Waals surface area contributed by atoms with Crippen LogP contribution >= 0.6 is 0 Å². The van der Waals surface area contributed by atoms with Crippen molar-refractivity contribution in [1.82, 2.24) is 0 Å². The Kier molecular flexibility index (Phi) is 4.87. The Labute approximate surface area is 159 Å². The highest BCUT2D eigenvalue weighted by Crippen LogP contribution is 2.52. The molecule has 1 heterocycles. The number of carbonyl (C=O) groups excluding carboxylic acids is 1. The summed E-state index contributed by atoms with van der Waals surface area (Å²) in [6, 6.07) is 5.34. The van der Waals surface area contributed by atoms with Crippen LogP contribution < -0.4 is 9.47 Å². The number of phenolic OH excluding ortho intramolecular Hbond substituents is 1. The van der Waals surface area contributed by atoms with Gasteiger partial charge in [-0.25, -0.2) is 4.79 Å². The van der Waals surface area contributed by atoms with Crippen molar-refractivity contribution in [2.75, 3.05) is 14.2 Å². The SMILES string of the molecule is COC(=O)c1c(OC)cc2c(c1C)[C@@H](C=C(C)C)c1c(O)cc(C)cc1O2. The second-order valence-electron chi connectivity index (χ2n) is 7.00. The third-order valence-corrected chi connectivity index (χ3v) is 4.77. The van der Waals surface area contributed by atoms with E-state index in [0.29, 0.717) is 33.9 Å². The van der Waals surface area contributed by atoms with E-state index in [1.807, 2.05) is 33.8 Å². The van der Waals surface area contributed by atoms with Gasteiger partial charge in [0.25, 0.3) is 0 Å². The van der Waals surface area contributed by atoms with Gasteiger partial charge in [0.1, 0.15) is 28.6 Å². The summed E-state index contributed by atoms with van der Waals surface area (Å²) >= 11 is 0. The van der Waals surface area contributed by atoms with Crippen molar-refractivity contribution in [3.05, 3.63) is 57.7 Å². The first kappa shape index (κ1) is 18.8. The van der Waals surface area contributed by atoms with E-state index in [2.05, 4.69) is 6.08 Å². The number of fused-ring (bicyclic) bond motifs is 2. The van der Waals surface area contributed by atoms with Crippen molar-refractivity contribution in [1.29, 1.82) is 0 Å². The number of aryl methyl sites for hydroxylation is 1. The monoisotopic (exact) mass is 368 g/mol. The Hall–Kier alpha value is -2.95. The molecule has 0 unspecified atom stereocenters. The zero-order valence-electron chi connectivity index (χ0n) is 16.5. The maximum absolute atomic E-state index is 12.4. The van der Waals surface area contributed by atoms with E-state index in [9.17, 15) is 9.90 Å². The lowest BCUT2D eigenvalue weighted by Crippen LogP contribution is -2.16. The van der Waals surface area contributed by atoms with Crippen LogP contribution in [-0.2, 0) is 4.74 Å². The van der Waals surface area contributed by atoms with E-state index < -0.39 is 5.97 Å². The van der Waals surface area contributed by atoms with Crippen LogP contribution in [0.25, 0.3) is 0 Å². The number of hydrogen-bond donors (Lipinski definition) is 1. The molecule has 0 aliphatic carbocycles. The summed E-state index contributed by atoms with van der Waals surface area (Å²) in [6.45, 7) is 7.75. The molecule has 5 nitrogen and oxygen atoms in total. The summed E-state index contributed by atoms with van der Waals surface area (Å²) in [5.41, 5.74) is 4.59. The molecular weight excluding hydrogens is 344 g/mol. The molecule has 0 bridgehead atoms. The van der Waals surface area contributed by atoms with Crippen LogP contribution in [0.5, 0.6) is 23.0 Å². The van der Waals surface area contributed by atoms with Crippen molar-refractivity contribution in [3.63, 3.8) is 0 Å². The Balaban J connectivity index is 2.36. The largest absolute Gasteiger partial charge is 0.507 e. The van der Waals surface area contributed by atoms with E-state index in [1.54, 1.807) is 12.1 Å². The third-order valence-electron chi connectivity index (χ3n) is 4.77. The fraction of sp³-hybridized carbons (Fsp3) is 0.318. The smallest absolute Gasteiger partial charge is 0.341 e. The molecule has 0 spiro atoms. The number of rotatable bonds is 3. The van der Waals surface area contributed by atoms with Gasteiger partial charge in [-0.2, -0.15) is 0 Å². The summed E-state index contributed by atoms with van der Waals surface area (Å²) in [5, 5.41) is 10.6. The molecule has 5 heteroatoms. The highest BCUT2D eigenvalue weighted by atomic mass is 16.5. The molecule has 0 aromatic heterocycles. The number of benzene rings is 2. The first-order valence-corrected chi connectivity index (χ1v) is 8.74. The second-order valence-corrected chi connectivity index (χ2v) is 7.00. The number of allylic oxidation sites excluding steroid dienone is 2. The average Bonchev–Trinajstić information content (AvgIpc) is 2.59. The van der Waals surface area contributed by atoms with Gasteiger partial charge in [-0.1, -0.05) is 11.6 Å². The van der Waals surface area contributed by atoms with Gasteiger partial charge in [0, 0.05) is 23.1 Å². The number of hydrogen-bond acceptors (Lipinski definition) is 5. The van der Waals surface area contributed by atoms with Crippen molar-refractivity contribution >= 4 is 5.97 Å². The van der Waals surface area contributed by atoms with E-state index in [4.69, 9.17) is 14.2 Å². The van der Waals surface area contributed by atoms with Gasteiger partial charge in [0.15, 0.2) is 0 Å². The molecule has 0 saturated carbocycles. The van der Waals surface area contributed by atoms with Crippen LogP contribution in [0.1, 0.15) is 52.4 Å². The number of methoxy groups -OCH3 is 2. The molecule has 2 aromatic rings. The Bertz CT molecular complexity index is 952. The van der Waals surface area contributed by atoms with Crippen LogP contribution in [0.4, 0.5) is 0 Å². The van der Waals surface area contributed by atoms with Gasteiger partial charge >= 0.3 is 5.97 Å². The fourth-order valence-corrected chi connectivity index (χ4v) is 3.67. The molecule has 27 heavy (non-hydrogen) atoms. The van der Waals surface area contributed by atoms with Crippen molar-refractivity contribution in [3.8, 4) is 23.0 Å². The molecule has 0 fully saturated rings. The molecule has 1 aliphatic rings. The van der Waals surface area contributed by atoms with Crippen LogP contribution in [0.15, 0.2) is 29.8 Å².